The molecule has 0 fully saturated rings. The fourth-order valence-corrected chi connectivity index (χ4v) is 1.67. The maximum absolute atomic E-state index is 12.2. The molecule has 0 unspecified atom stereocenters. The minimum Gasteiger partial charge on any atom is -0.294 e. The Hall–Kier alpha value is -1.38. The topological polar surface area (TPSA) is 25.9 Å². The van der Waals surface area contributed by atoms with Gasteiger partial charge in [0.15, 0.2) is 5.78 Å². The average molecular weight is 263 g/mol. The molecule has 0 saturated carbocycles. The summed E-state index contributed by atoms with van der Waals surface area (Å²) in [5, 5.41) is 0. The molecular weight excluding hydrogens is 236 g/mol. The number of aromatic nitrogens is 2. The van der Waals surface area contributed by atoms with Crippen LogP contribution in [0.15, 0.2) is 30.4 Å². The molecule has 0 N–H and O–H groups in total. The number of hydrogen-bond acceptors (Lipinski definition) is 1. The van der Waals surface area contributed by atoms with E-state index in [4.69, 9.17) is 0 Å². The van der Waals surface area contributed by atoms with Crippen LogP contribution in [0.4, 0.5) is 0 Å². The van der Waals surface area contributed by atoms with Crippen molar-refractivity contribution in [2.45, 2.75) is 48.1 Å². The zero-order chi connectivity index (χ0) is 14.8. The van der Waals surface area contributed by atoms with Crippen molar-refractivity contribution in [3.05, 3.63) is 30.4 Å². The van der Waals surface area contributed by atoms with Crippen molar-refractivity contribution in [3.8, 4) is 0 Å². The molecule has 0 aliphatic carbocycles. The number of ketones is 1. The van der Waals surface area contributed by atoms with Crippen molar-refractivity contribution >= 4 is 5.78 Å². The first-order valence-corrected chi connectivity index (χ1v) is 6.76. The molecule has 0 aliphatic heterocycles. The van der Waals surface area contributed by atoms with Gasteiger partial charge in [-0.05, 0) is 17.1 Å². The Labute approximate surface area is 116 Å². The second-order valence-electron chi connectivity index (χ2n) is 7.29. The van der Waals surface area contributed by atoms with Crippen LogP contribution in [-0.2, 0) is 18.4 Å². The highest BCUT2D eigenvalue weighted by molar-refractivity contribution is 5.94. The second-order valence-corrected chi connectivity index (χ2v) is 7.29. The molecule has 0 atom stereocenters. The van der Waals surface area contributed by atoms with Gasteiger partial charge in [0, 0.05) is 5.41 Å². The van der Waals surface area contributed by atoms with Gasteiger partial charge >= 0.3 is 0 Å². The van der Waals surface area contributed by atoms with Gasteiger partial charge in [-0.2, -0.15) is 0 Å². The smallest absolute Gasteiger partial charge is 0.243 e. The van der Waals surface area contributed by atoms with E-state index in [1.54, 1.807) is 0 Å². The summed E-state index contributed by atoms with van der Waals surface area (Å²) in [5.74, 6) is 0.189. The summed E-state index contributed by atoms with van der Waals surface area (Å²) >= 11 is 0. The molecule has 0 aromatic carbocycles. The number of hydrogen-bond donors (Lipinski definition) is 0. The molecule has 0 aliphatic rings. The quantitative estimate of drug-likeness (QED) is 0.608. The van der Waals surface area contributed by atoms with Crippen molar-refractivity contribution in [1.82, 2.24) is 4.57 Å². The SMILES string of the molecule is C[n+]1ccn(C/C(=C\C(=O)C(C)(C)C)C(C)(C)C)c1. The monoisotopic (exact) mass is 263 g/mol. The second kappa shape index (κ2) is 5.32. The third-order valence-electron chi connectivity index (χ3n) is 3.18. The molecule has 1 heterocycles. The lowest BCUT2D eigenvalue weighted by atomic mass is 9.82. The fraction of sp³-hybridized carbons (Fsp3) is 0.625. The largest absolute Gasteiger partial charge is 0.294 e. The van der Waals surface area contributed by atoms with Crippen molar-refractivity contribution in [3.63, 3.8) is 0 Å². The van der Waals surface area contributed by atoms with Gasteiger partial charge < -0.3 is 0 Å². The lowest BCUT2D eigenvalue weighted by Crippen LogP contribution is -2.25. The van der Waals surface area contributed by atoms with E-state index in [1.165, 1.54) is 0 Å². The molecule has 3 heteroatoms. The van der Waals surface area contributed by atoms with E-state index in [-0.39, 0.29) is 16.6 Å². The van der Waals surface area contributed by atoms with E-state index in [2.05, 4.69) is 25.3 Å². The highest BCUT2D eigenvalue weighted by Gasteiger charge is 2.25. The molecule has 0 radical (unpaired) electrons. The molecule has 19 heavy (non-hydrogen) atoms. The molecule has 0 bridgehead atoms. The standard InChI is InChI=1S/C16H27N2O/c1-15(2,3)13(10-14(19)16(4,5)6)11-18-9-8-17(7)12-18/h8-10,12H,11H2,1-7H3/q+1/b13-10+. The summed E-state index contributed by atoms with van der Waals surface area (Å²) in [5.41, 5.74) is 0.824. The van der Waals surface area contributed by atoms with Gasteiger partial charge in [0.25, 0.3) is 0 Å². The Bertz CT molecular complexity index is 482. The normalized spacial score (nSPS) is 13.7. The van der Waals surface area contributed by atoms with E-state index in [0.717, 1.165) is 12.1 Å². The van der Waals surface area contributed by atoms with Gasteiger partial charge in [-0.25, -0.2) is 9.13 Å². The van der Waals surface area contributed by atoms with Crippen LogP contribution < -0.4 is 4.57 Å². The summed E-state index contributed by atoms with van der Waals surface area (Å²) in [7, 11) is 2.00. The van der Waals surface area contributed by atoms with Crippen LogP contribution in [0.5, 0.6) is 0 Å². The highest BCUT2D eigenvalue weighted by atomic mass is 16.1. The zero-order valence-corrected chi connectivity index (χ0v) is 13.3. The number of carbonyl (C=O) groups is 1. The predicted molar refractivity (Wildman–Crippen MR) is 77.6 cm³/mol. The minimum absolute atomic E-state index is 0.0102. The van der Waals surface area contributed by atoms with Crippen LogP contribution in [0.25, 0.3) is 0 Å². The van der Waals surface area contributed by atoms with Crippen LogP contribution in [0, 0.1) is 10.8 Å². The van der Waals surface area contributed by atoms with Crippen LogP contribution in [0.1, 0.15) is 41.5 Å². The number of carbonyl (C=O) groups excluding carboxylic acids is 1. The molecular formula is C16H27N2O+. The average Bonchev–Trinajstić information content (AvgIpc) is 2.60. The van der Waals surface area contributed by atoms with E-state index in [0.29, 0.717) is 0 Å². The molecule has 1 aromatic heterocycles. The molecule has 0 spiro atoms. The number of rotatable bonds is 3. The van der Waals surface area contributed by atoms with Crippen molar-refractivity contribution in [1.29, 1.82) is 0 Å². The molecule has 0 saturated heterocycles. The van der Waals surface area contributed by atoms with E-state index in [9.17, 15) is 4.79 Å². The lowest BCUT2D eigenvalue weighted by molar-refractivity contribution is -0.671. The number of imidazole rings is 1. The molecule has 0 amide bonds. The highest BCUT2D eigenvalue weighted by Crippen LogP contribution is 2.28. The van der Waals surface area contributed by atoms with E-state index >= 15 is 0 Å². The summed E-state index contributed by atoms with van der Waals surface area (Å²) in [4.78, 5) is 12.2. The summed E-state index contributed by atoms with van der Waals surface area (Å²) < 4.78 is 4.11. The Balaban J connectivity index is 3.03. The summed E-state index contributed by atoms with van der Waals surface area (Å²) in [6.45, 7) is 13.1. The van der Waals surface area contributed by atoms with Gasteiger partial charge in [-0.3, -0.25) is 4.79 Å². The first-order valence-electron chi connectivity index (χ1n) is 6.76. The number of aryl methyl sites for hydroxylation is 1. The van der Waals surface area contributed by atoms with Crippen molar-refractivity contribution in [2.75, 3.05) is 0 Å². The Morgan fingerprint density at radius 3 is 2.11 bits per heavy atom. The number of allylic oxidation sites excluding steroid dienone is 2. The van der Waals surface area contributed by atoms with Crippen LogP contribution >= 0.6 is 0 Å². The van der Waals surface area contributed by atoms with Crippen LogP contribution in [0.2, 0.25) is 0 Å². The fourth-order valence-electron chi connectivity index (χ4n) is 1.67. The zero-order valence-electron chi connectivity index (χ0n) is 13.3. The first-order chi connectivity index (χ1) is 8.50. The molecule has 1 rings (SSSR count). The number of nitrogens with zero attached hydrogens (tertiary/aromatic N) is 2. The first kappa shape index (κ1) is 15.7. The molecule has 3 nitrogen and oxygen atoms in total. The molecule has 106 valence electrons. The molecule has 1 aromatic rings. The summed E-state index contributed by atoms with van der Waals surface area (Å²) in [6, 6.07) is 0. The van der Waals surface area contributed by atoms with Gasteiger partial charge in [0.2, 0.25) is 6.33 Å². The van der Waals surface area contributed by atoms with Crippen molar-refractivity contribution < 1.29 is 9.36 Å². The maximum atomic E-state index is 12.2. The lowest BCUT2D eigenvalue weighted by Gasteiger charge is -2.23. The van der Waals surface area contributed by atoms with Gasteiger partial charge in [-0.1, -0.05) is 41.5 Å². The maximum Gasteiger partial charge on any atom is 0.243 e. The predicted octanol–water partition coefficient (Wildman–Crippen LogP) is 2.90. The van der Waals surface area contributed by atoms with E-state index in [1.807, 2.05) is 57.2 Å². The van der Waals surface area contributed by atoms with Gasteiger partial charge in [0.1, 0.15) is 18.9 Å². The van der Waals surface area contributed by atoms with Crippen LogP contribution in [0.3, 0.4) is 0 Å². The van der Waals surface area contributed by atoms with Gasteiger partial charge in [0.05, 0.1) is 7.05 Å². The third-order valence-corrected chi connectivity index (χ3v) is 3.18. The Morgan fingerprint density at radius 1 is 1.16 bits per heavy atom. The summed E-state index contributed by atoms with van der Waals surface area (Å²) in [6.07, 6.45) is 7.90. The van der Waals surface area contributed by atoms with Crippen molar-refractivity contribution in [2.24, 2.45) is 17.9 Å². The van der Waals surface area contributed by atoms with E-state index < -0.39 is 0 Å². The Kier molecular flexibility index (Phi) is 4.39. The van der Waals surface area contributed by atoms with Gasteiger partial charge in [-0.15, -0.1) is 0 Å². The third kappa shape index (κ3) is 4.66. The minimum atomic E-state index is -0.322. The van der Waals surface area contributed by atoms with Crippen LogP contribution in [-0.4, -0.2) is 10.4 Å². The Morgan fingerprint density at radius 2 is 1.74 bits per heavy atom.